The fourth-order valence-corrected chi connectivity index (χ4v) is 2.47. The summed E-state index contributed by atoms with van der Waals surface area (Å²) in [6, 6.07) is 8.36. The maximum atomic E-state index is 5.75. The molecule has 0 saturated heterocycles. The molecule has 0 aliphatic heterocycles. The molecule has 0 heterocycles. The molecule has 0 aromatic heterocycles. The van der Waals surface area contributed by atoms with Crippen molar-refractivity contribution in [2.45, 2.75) is 58.8 Å². The molecule has 0 spiro atoms. The Kier molecular flexibility index (Phi) is 8.36. The van der Waals surface area contributed by atoms with Gasteiger partial charge in [0.05, 0.1) is 0 Å². The predicted molar refractivity (Wildman–Crippen MR) is 90.1 cm³/mol. The summed E-state index contributed by atoms with van der Waals surface area (Å²) in [4.78, 5) is 2.64. The summed E-state index contributed by atoms with van der Waals surface area (Å²) >= 11 is 0. The minimum Gasteiger partial charge on any atom is -0.399 e. The van der Waals surface area contributed by atoms with Gasteiger partial charge in [-0.2, -0.15) is 0 Å². The van der Waals surface area contributed by atoms with Crippen LogP contribution in [0.5, 0.6) is 0 Å². The second-order valence-electron chi connectivity index (χ2n) is 5.91. The zero-order valence-corrected chi connectivity index (χ0v) is 13.6. The average molecular weight is 276 g/mol. The molecule has 1 aromatic rings. The van der Waals surface area contributed by atoms with Gasteiger partial charge in [0.2, 0.25) is 0 Å². The molecule has 2 nitrogen and oxygen atoms in total. The van der Waals surface area contributed by atoms with Crippen LogP contribution in [0.25, 0.3) is 0 Å². The Morgan fingerprint density at radius 2 is 1.50 bits per heavy atom. The van der Waals surface area contributed by atoms with Crippen LogP contribution in [-0.2, 0) is 0 Å². The minimum absolute atomic E-state index is 0.612. The molecule has 0 amide bonds. The van der Waals surface area contributed by atoms with Crippen LogP contribution < -0.4 is 5.73 Å². The van der Waals surface area contributed by atoms with E-state index in [1.54, 1.807) is 0 Å². The number of rotatable bonds is 10. The van der Waals surface area contributed by atoms with Gasteiger partial charge in [-0.05, 0) is 62.5 Å². The molecule has 1 rings (SSSR count). The van der Waals surface area contributed by atoms with E-state index in [2.05, 4.69) is 37.8 Å². The van der Waals surface area contributed by atoms with Crippen LogP contribution in [0.1, 0.15) is 64.4 Å². The van der Waals surface area contributed by atoms with Crippen molar-refractivity contribution in [3.63, 3.8) is 0 Å². The number of anilines is 1. The van der Waals surface area contributed by atoms with Gasteiger partial charge in [0.25, 0.3) is 0 Å². The van der Waals surface area contributed by atoms with Crippen LogP contribution in [0.2, 0.25) is 0 Å². The fraction of sp³-hybridized carbons (Fsp3) is 0.667. The molecular weight excluding hydrogens is 244 g/mol. The fourth-order valence-electron chi connectivity index (χ4n) is 2.47. The van der Waals surface area contributed by atoms with E-state index in [4.69, 9.17) is 5.73 Å². The van der Waals surface area contributed by atoms with E-state index < -0.39 is 0 Å². The summed E-state index contributed by atoms with van der Waals surface area (Å²) in [5.74, 6) is 0.612. The van der Waals surface area contributed by atoms with Gasteiger partial charge >= 0.3 is 0 Å². The lowest BCUT2D eigenvalue weighted by Crippen LogP contribution is -2.28. The number of unbranched alkanes of at least 4 members (excludes halogenated alkanes) is 2. The highest BCUT2D eigenvalue weighted by atomic mass is 15.1. The molecule has 1 aromatic carbocycles. The Balaban J connectivity index is 2.41. The number of hydrogen-bond donors (Lipinski definition) is 1. The van der Waals surface area contributed by atoms with Crippen LogP contribution in [0.3, 0.4) is 0 Å². The first-order chi connectivity index (χ1) is 9.67. The third-order valence-electron chi connectivity index (χ3n) is 4.04. The monoisotopic (exact) mass is 276 g/mol. The van der Waals surface area contributed by atoms with Crippen molar-refractivity contribution >= 4 is 5.69 Å². The van der Waals surface area contributed by atoms with E-state index in [0.29, 0.717) is 5.92 Å². The second-order valence-corrected chi connectivity index (χ2v) is 5.91. The predicted octanol–water partition coefficient (Wildman–Crippen LogP) is 4.66. The van der Waals surface area contributed by atoms with Crippen molar-refractivity contribution < 1.29 is 0 Å². The Morgan fingerprint density at radius 3 is 2.00 bits per heavy atom. The zero-order chi connectivity index (χ0) is 14.8. The molecule has 0 aliphatic rings. The smallest absolute Gasteiger partial charge is 0.0314 e. The third kappa shape index (κ3) is 6.42. The molecule has 114 valence electrons. The highest BCUT2D eigenvalue weighted by molar-refractivity contribution is 5.40. The SMILES string of the molecule is CCCCN(CCCC)CCC(C)c1ccc(N)cc1. The molecule has 2 N–H and O–H groups in total. The number of hydrogen-bond acceptors (Lipinski definition) is 2. The van der Waals surface area contributed by atoms with E-state index in [1.165, 1.54) is 57.3 Å². The first-order valence-electron chi connectivity index (χ1n) is 8.25. The molecule has 0 aliphatic carbocycles. The van der Waals surface area contributed by atoms with Gasteiger partial charge in [-0.1, -0.05) is 45.7 Å². The molecule has 0 radical (unpaired) electrons. The van der Waals surface area contributed by atoms with Crippen LogP contribution in [-0.4, -0.2) is 24.5 Å². The summed E-state index contributed by atoms with van der Waals surface area (Å²) in [5, 5.41) is 0. The topological polar surface area (TPSA) is 29.3 Å². The average Bonchev–Trinajstić information content (AvgIpc) is 2.47. The van der Waals surface area contributed by atoms with E-state index in [9.17, 15) is 0 Å². The Hall–Kier alpha value is -1.02. The van der Waals surface area contributed by atoms with Crippen molar-refractivity contribution in [3.05, 3.63) is 29.8 Å². The van der Waals surface area contributed by atoms with Gasteiger partial charge in [-0.3, -0.25) is 0 Å². The maximum Gasteiger partial charge on any atom is 0.0314 e. The van der Waals surface area contributed by atoms with Crippen molar-refractivity contribution in [1.82, 2.24) is 4.90 Å². The molecule has 1 unspecified atom stereocenters. The summed E-state index contributed by atoms with van der Waals surface area (Å²) in [7, 11) is 0. The van der Waals surface area contributed by atoms with Crippen LogP contribution in [0, 0.1) is 0 Å². The van der Waals surface area contributed by atoms with Crippen LogP contribution >= 0.6 is 0 Å². The highest BCUT2D eigenvalue weighted by Crippen LogP contribution is 2.20. The summed E-state index contributed by atoms with van der Waals surface area (Å²) in [6.07, 6.45) is 6.45. The summed E-state index contributed by atoms with van der Waals surface area (Å²) in [5.41, 5.74) is 8.01. The summed E-state index contributed by atoms with van der Waals surface area (Å²) < 4.78 is 0. The first kappa shape index (κ1) is 17.0. The number of nitrogens with zero attached hydrogens (tertiary/aromatic N) is 1. The molecule has 0 saturated carbocycles. The van der Waals surface area contributed by atoms with E-state index in [0.717, 1.165) is 5.69 Å². The van der Waals surface area contributed by atoms with Gasteiger partial charge in [-0.25, -0.2) is 0 Å². The highest BCUT2D eigenvalue weighted by Gasteiger charge is 2.09. The lowest BCUT2D eigenvalue weighted by Gasteiger charge is -2.24. The van der Waals surface area contributed by atoms with E-state index in [-0.39, 0.29) is 0 Å². The van der Waals surface area contributed by atoms with Gasteiger partial charge in [0.1, 0.15) is 0 Å². The molecule has 2 heteroatoms. The maximum absolute atomic E-state index is 5.75. The van der Waals surface area contributed by atoms with Crippen molar-refractivity contribution in [3.8, 4) is 0 Å². The van der Waals surface area contributed by atoms with E-state index in [1.807, 2.05) is 12.1 Å². The lowest BCUT2D eigenvalue weighted by atomic mass is 9.97. The molecule has 0 fully saturated rings. The molecule has 1 atom stereocenters. The largest absolute Gasteiger partial charge is 0.399 e. The number of benzene rings is 1. The number of nitrogens with two attached hydrogens (primary N) is 1. The Bertz CT molecular complexity index is 337. The molecular formula is C18H32N2. The second kappa shape index (κ2) is 9.82. The third-order valence-corrected chi connectivity index (χ3v) is 4.04. The van der Waals surface area contributed by atoms with Crippen molar-refractivity contribution in [2.24, 2.45) is 0 Å². The number of nitrogen functional groups attached to an aromatic ring is 1. The normalized spacial score (nSPS) is 12.8. The van der Waals surface area contributed by atoms with Gasteiger partial charge in [-0.15, -0.1) is 0 Å². The van der Waals surface area contributed by atoms with Crippen LogP contribution in [0.15, 0.2) is 24.3 Å². The Morgan fingerprint density at radius 1 is 0.950 bits per heavy atom. The lowest BCUT2D eigenvalue weighted by molar-refractivity contribution is 0.256. The molecule has 0 bridgehead atoms. The zero-order valence-electron chi connectivity index (χ0n) is 13.6. The van der Waals surface area contributed by atoms with Crippen molar-refractivity contribution in [2.75, 3.05) is 25.4 Å². The van der Waals surface area contributed by atoms with Crippen molar-refractivity contribution in [1.29, 1.82) is 0 Å². The van der Waals surface area contributed by atoms with Crippen LogP contribution in [0.4, 0.5) is 5.69 Å². The van der Waals surface area contributed by atoms with Gasteiger partial charge in [0, 0.05) is 5.69 Å². The van der Waals surface area contributed by atoms with E-state index >= 15 is 0 Å². The minimum atomic E-state index is 0.612. The van der Waals surface area contributed by atoms with Gasteiger partial charge in [0.15, 0.2) is 0 Å². The quantitative estimate of drug-likeness (QED) is 0.629. The first-order valence-corrected chi connectivity index (χ1v) is 8.25. The standard InChI is InChI=1S/C18H32N2/c1-4-6-13-20(14-7-5-2)15-12-16(3)17-8-10-18(19)11-9-17/h8-11,16H,4-7,12-15,19H2,1-3H3. The molecule has 20 heavy (non-hydrogen) atoms. The van der Waals surface area contributed by atoms with Gasteiger partial charge < -0.3 is 10.6 Å². The summed E-state index contributed by atoms with van der Waals surface area (Å²) in [6.45, 7) is 10.6. The Labute approximate surface area is 125 Å².